The van der Waals surface area contributed by atoms with Gasteiger partial charge in [0.1, 0.15) is 0 Å². The summed E-state index contributed by atoms with van der Waals surface area (Å²) < 4.78 is 0. The first kappa shape index (κ1) is 12.0. The molecule has 0 aromatic rings. The molecular weight excluding hydrogens is 190 g/mol. The Bertz CT molecular complexity index is 282. The molecule has 1 heterocycles. The van der Waals surface area contributed by atoms with Gasteiger partial charge in [0.25, 0.3) is 0 Å². The summed E-state index contributed by atoms with van der Waals surface area (Å²) in [5.74, 6) is 0. The van der Waals surface area contributed by atoms with E-state index in [1.165, 1.54) is 0 Å². The summed E-state index contributed by atoms with van der Waals surface area (Å²) in [7, 11) is 0. The van der Waals surface area contributed by atoms with E-state index >= 15 is 0 Å². The van der Waals surface area contributed by atoms with Gasteiger partial charge in [0.05, 0.1) is 6.17 Å². The number of nitrogens with zero attached hydrogens (tertiary/aromatic N) is 3. The summed E-state index contributed by atoms with van der Waals surface area (Å²) in [6, 6.07) is 0. The van der Waals surface area contributed by atoms with E-state index in [1.54, 1.807) is 0 Å². The third kappa shape index (κ3) is 2.72. The van der Waals surface area contributed by atoms with Gasteiger partial charge >= 0.3 is 0 Å². The molecule has 0 amide bonds. The monoisotopic (exact) mass is 209 g/mol. The first-order valence-electron chi connectivity index (χ1n) is 5.26. The molecule has 1 rings (SSSR count). The Morgan fingerprint density at radius 3 is 2.60 bits per heavy atom. The van der Waals surface area contributed by atoms with Crippen molar-refractivity contribution >= 4 is 0 Å². The van der Waals surface area contributed by atoms with E-state index in [2.05, 4.69) is 34.5 Å². The van der Waals surface area contributed by atoms with Gasteiger partial charge in [0, 0.05) is 30.0 Å². The van der Waals surface area contributed by atoms with Gasteiger partial charge < -0.3 is 0 Å². The standard InChI is InChI=1S/C10H19N5/c1-4-8(7-14-15-11)10(2,3)9-12-5-6-13-9/h4,9,12-13H,5-7H2,1-3H3/b8-4+. The van der Waals surface area contributed by atoms with Crippen molar-refractivity contribution in [2.45, 2.75) is 26.9 Å². The Morgan fingerprint density at radius 2 is 2.13 bits per heavy atom. The highest BCUT2D eigenvalue weighted by Crippen LogP contribution is 2.30. The third-order valence-corrected chi connectivity index (χ3v) is 3.02. The second-order valence-corrected chi connectivity index (χ2v) is 4.27. The predicted octanol–water partition coefficient (Wildman–Crippen LogP) is 1.79. The van der Waals surface area contributed by atoms with Gasteiger partial charge in [0.2, 0.25) is 0 Å². The van der Waals surface area contributed by atoms with Gasteiger partial charge in [-0.25, -0.2) is 0 Å². The normalized spacial score (nSPS) is 19.0. The molecule has 5 nitrogen and oxygen atoms in total. The third-order valence-electron chi connectivity index (χ3n) is 3.02. The molecule has 0 bridgehead atoms. The minimum absolute atomic E-state index is 0.0283. The molecule has 84 valence electrons. The lowest BCUT2D eigenvalue weighted by molar-refractivity contribution is 0.292. The van der Waals surface area contributed by atoms with Crippen molar-refractivity contribution in [2.24, 2.45) is 10.5 Å². The van der Waals surface area contributed by atoms with Gasteiger partial charge in [-0.3, -0.25) is 10.6 Å². The van der Waals surface area contributed by atoms with Crippen LogP contribution in [0.3, 0.4) is 0 Å². The summed E-state index contributed by atoms with van der Waals surface area (Å²) in [5, 5.41) is 10.4. The van der Waals surface area contributed by atoms with Gasteiger partial charge in [-0.2, -0.15) is 0 Å². The van der Waals surface area contributed by atoms with E-state index in [9.17, 15) is 0 Å². The van der Waals surface area contributed by atoms with Crippen molar-refractivity contribution in [3.05, 3.63) is 22.1 Å². The minimum Gasteiger partial charge on any atom is -0.300 e. The Balaban J connectivity index is 2.76. The van der Waals surface area contributed by atoms with Crippen LogP contribution in [0.2, 0.25) is 0 Å². The Labute approximate surface area is 90.6 Å². The fraction of sp³-hybridized carbons (Fsp3) is 0.800. The molecule has 0 spiro atoms. The fourth-order valence-electron chi connectivity index (χ4n) is 1.98. The summed E-state index contributed by atoms with van der Waals surface area (Å²) in [5.41, 5.74) is 9.47. The maximum Gasteiger partial charge on any atom is 0.0663 e. The minimum atomic E-state index is -0.0283. The first-order chi connectivity index (χ1) is 7.12. The number of hydrogen-bond donors (Lipinski definition) is 2. The molecular formula is C10H19N5. The van der Waals surface area contributed by atoms with E-state index < -0.39 is 0 Å². The Morgan fingerprint density at radius 1 is 1.53 bits per heavy atom. The van der Waals surface area contributed by atoms with Crippen LogP contribution in [0.1, 0.15) is 20.8 Å². The van der Waals surface area contributed by atoms with Crippen LogP contribution in [0.15, 0.2) is 16.8 Å². The quantitative estimate of drug-likeness (QED) is 0.320. The molecule has 0 aromatic carbocycles. The summed E-state index contributed by atoms with van der Waals surface area (Å²) in [4.78, 5) is 2.81. The molecule has 2 N–H and O–H groups in total. The van der Waals surface area contributed by atoms with Crippen LogP contribution in [0.5, 0.6) is 0 Å². The maximum atomic E-state index is 8.34. The molecule has 0 atom stereocenters. The topological polar surface area (TPSA) is 72.8 Å². The lowest BCUT2D eigenvalue weighted by Crippen LogP contribution is -2.46. The molecule has 1 aliphatic rings. The largest absolute Gasteiger partial charge is 0.300 e. The average molecular weight is 209 g/mol. The molecule has 5 heteroatoms. The summed E-state index contributed by atoms with van der Waals surface area (Å²) in [6.45, 7) is 8.73. The zero-order valence-corrected chi connectivity index (χ0v) is 9.62. The number of hydrogen-bond acceptors (Lipinski definition) is 3. The lowest BCUT2D eigenvalue weighted by atomic mass is 9.81. The van der Waals surface area contributed by atoms with Crippen molar-refractivity contribution in [2.75, 3.05) is 19.6 Å². The number of nitrogens with one attached hydrogen (secondary N) is 2. The van der Waals surface area contributed by atoms with E-state index in [-0.39, 0.29) is 11.6 Å². The summed E-state index contributed by atoms with van der Waals surface area (Å²) >= 11 is 0. The van der Waals surface area contributed by atoms with Crippen LogP contribution in [0, 0.1) is 5.41 Å². The van der Waals surface area contributed by atoms with E-state index in [0.717, 1.165) is 18.7 Å². The van der Waals surface area contributed by atoms with Crippen LogP contribution in [-0.2, 0) is 0 Å². The highest BCUT2D eigenvalue weighted by molar-refractivity contribution is 5.17. The number of rotatable bonds is 4. The molecule has 0 radical (unpaired) electrons. The van der Waals surface area contributed by atoms with Crippen molar-refractivity contribution in [3.63, 3.8) is 0 Å². The number of azide groups is 1. The average Bonchev–Trinajstić information content (AvgIpc) is 2.72. The predicted molar refractivity (Wildman–Crippen MR) is 61.3 cm³/mol. The molecule has 0 aromatic heterocycles. The van der Waals surface area contributed by atoms with Crippen LogP contribution in [-0.4, -0.2) is 25.8 Å². The van der Waals surface area contributed by atoms with Gasteiger partial charge in [-0.1, -0.05) is 30.6 Å². The lowest BCUT2D eigenvalue weighted by Gasteiger charge is -2.34. The fourth-order valence-corrected chi connectivity index (χ4v) is 1.98. The highest BCUT2D eigenvalue weighted by atomic mass is 15.2. The highest BCUT2D eigenvalue weighted by Gasteiger charge is 2.33. The smallest absolute Gasteiger partial charge is 0.0663 e. The van der Waals surface area contributed by atoms with E-state index in [4.69, 9.17) is 5.53 Å². The molecule has 1 aliphatic heterocycles. The first-order valence-corrected chi connectivity index (χ1v) is 5.26. The molecule has 1 saturated heterocycles. The van der Waals surface area contributed by atoms with Crippen LogP contribution in [0.4, 0.5) is 0 Å². The molecule has 15 heavy (non-hydrogen) atoms. The zero-order valence-electron chi connectivity index (χ0n) is 9.62. The van der Waals surface area contributed by atoms with E-state index in [0.29, 0.717) is 6.54 Å². The molecule has 0 aliphatic carbocycles. The van der Waals surface area contributed by atoms with Crippen molar-refractivity contribution in [1.82, 2.24) is 10.6 Å². The van der Waals surface area contributed by atoms with Crippen molar-refractivity contribution in [1.29, 1.82) is 0 Å². The zero-order chi connectivity index (χ0) is 11.3. The maximum absolute atomic E-state index is 8.34. The van der Waals surface area contributed by atoms with Gasteiger partial charge in [0.15, 0.2) is 0 Å². The Hall–Kier alpha value is -1.03. The van der Waals surface area contributed by atoms with Crippen molar-refractivity contribution in [3.8, 4) is 0 Å². The molecule has 1 fully saturated rings. The van der Waals surface area contributed by atoms with Crippen LogP contribution in [0.25, 0.3) is 10.4 Å². The van der Waals surface area contributed by atoms with E-state index in [1.807, 2.05) is 13.0 Å². The van der Waals surface area contributed by atoms with Crippen LogP contribution >= 0.6 is 0 Å². The Kier molecular flexibility index (Phi) is 4.15. The second-order valence-electron chi connectivity index (χ2n) is 4.27. The van der Waals surface area contributed by atoms with Gasteiger partial charge in [-0.15, -0.1) is 0 Å². The second kappa shape index (κ2) is 5.16. The van der Waals surface area contributed by atoms with Crippen LogP contribution < -0.4 is 10.6 Å². The number of allylic oxidation sites excluding steroid dienone is 1. The summed E-state index contributed by atoms with van der Waals surface area (Å²) in [6.07, 6.45) is 2.30. The molecule has 0 saturated carbocycles. The molecule has 0 unspecified atom stereocenters. The SMILES string of the molecule is C/C=C(\CN=[N+]=[N-])C(C)(C)C1NCCN1. The van der Waals surface area contributed by atoms with Gasteiger partial charge in [-0.05, 0) is 12.5 Å². The van der Waals surface area contributed by atoms with Crippen molar-refractivity contribution < 1.29 is 0 Å².